The van der Waals surface area contributed by atoms with Crippen LogP contribution in [0.25, 0.3) is 0 Å². The van der Waals surface area contributed by atoms with Gasteiger partial charge in [-0.15, -0.1) is 0 Å². The van der Waals surface area contributed by atoms with Gasteiger partial charge in [0.2, 0.25) is 5.91 Å². The fourth-order valence-corrected chi connectivity index (χ4v) is 5.03. The van der Waals surface area contributed by atoms with Gasteiger partial charge < -0.3 is 10.6 Å². The second-order valence-electron chi connectivity index (χ2n) is 9.14. The molecular weight excluding hydrogens is 379 g/mol. The Morgan fingerprint density at radius 3 is 2.45 bits per heavy atom. The molecular formula is C22H32F3N3O. The highest BCUT2D eigenvalue weighted by molar-refractivity contribution is 5.81. The third-order valence-corrected chi connectivity index (χ3v) is 6.47. The highest BCUT2D eigenvalue weighted by Gasteiger charge is 2.45. The number of nitrogens with two attached hydrogens (primary N) is 1. The van der Waals surface area contributed by atoms with Crippen molar-refractivity contribution in [2.45, 2.75) is 57.9 Å². The summed E-state index contributed by atoms with van der Waals surface area (Å²) in [6, 6.07) is 5.17. The number of rotatable bonds is 6. The quantitative estimate of drug-likeness (QED) is 0.776. The first kappa shape index (κ1) is 22.1. The highest BCUT2D eigenvalue weighted by Crippen LogP contribution is 2.41. The van der Waals surface area contributed by atoms with Crippen molar-refractivity contribution in [3.05, 3.63) is 35.4 Å². The molecule has 7 heteroatoms. The largest absolute Gasteiger partial charge is 0.416 e. The van der Waals surface area contributed by atoms with E-state index < -0.39 is 17.8 Å². The number of hydrogen-bond donors (Lipinski definition) is 1. The van der Waals surface area contributed by atoms with Crippen LogP contribution in [0.2, 0.25) is 0 Å². The normalized spacial score (nSPS) is 26.0. The number of alkyl halides is 3. The van der Waals surface area contributed by atoms with Crippen LogP contribution in [0.3, 0.4) is 0 Å². The molecule has 162 valence electrons. The van der Waals surface area contributed by atoms with Crippen molar-refractivity contribution < 1.29 is 18.0 Å². The van der Waals surface area contributed by atoms with Gasteiger partial charge in [0.1, 0.15) is 0 Å². The van der Waals surface area contributed by atoms with E-state index in [9.17, 15) is 18.0 Å². The number of benzene rings is 1. The summed E-state index contributed by atoms with van der Waals surface area (Å²) < 4.78 is 38.2. The molecule has 1 heterocycles. The van der Waals surface area contributed by atoms with Gasteiger partial charge in [0.05, 0.1) is 11.6 Å². The van der Waals surface area contributed by atoms with Crippen LogP contribution in [0, 0.1) is 17.8 Å². The monoisotopic (exact) mass is 411 g/mol. The Morgan fingerprint density at radius 2 is 1.86 bits per heavy atom. The molecule has 0 aromatic heterocycles. The summed E-state index contributed by atoms with van der Waals surface area (Å²) in [7, 11) is 1.87. The molecule has 3 rings (SSSR count). The Morgan fingerprint density at radius 1 is 1.21 bits per heavy atom. The molecule has 1 aromatic carbocycles. The van der Waals surface area contributed by atoms with Crippen molar-refractivity contribution in [3.8, 4) is 0 Å². The summed E-state index contributed by atoms with van der Waals surface area (Å²) in [5.41, 5.74) is 6.39. The van der Waals surface area contributed by atoms with E-state index in [1.807, 2.05) is 11.9 Å². The first-order chi connectivity index (χ1) is 13.6. The molecule has 2 N–H and O–H groups in total. The average molecular weight is 412 g/mol. The summed E-state index contributed by atoms with van der Waals surface area (Å²) in [5.74, 6) is 1.34. The van der Waals surface area contributed by atoms with Crippen LogP contribution in [0.15, 0.2) is 24.3 Å². The molecule has 2 aliphatic rings. The number of likely N-dealkylation sites (tertiary alicyclic amines) is 1. The standard InChI is InChI=1S/C22H32F3N3O/c1-14(2)10-19(26)21(29)27(3)20-9-6-16-12-28(13-18(16)20)11-15-4-7-17(8-5-15)22(23,24)25/h4-5,7-8,14,16,18-20H,6,9-13,26H2,1-3H3/t16-,18+,19+,20+/m1/s1. The summed E-state index contributed by atoms with van der Waals surface area (Å²) in [6.45, 7) is 6.57. The molecule has 1 amide bonds. The second kappa shape index (κ2) is 8.64. The number of amides is 1. The van der Waals surface area contributed by atoms with Crippen molar-refractivity contribution in [1.82, 2.24) is 9.80 Å². The maximum atomic E-state index is 12.7. The molecule has 1 saturated heterocycles. The number of hydrogen-bond acceptors (Lipinski definition) is 3. The van der Waals surface area contributed by atoms with E-state index in [1.54, 1.807) is 12.1 Å². The van der Waals surface area contributed by atoms with Crippen LogP contribution >= 0.6 is 0 Å². The van der Waals surface area contributed by atoms with Gasteiger partial charge in [0.25, 0.3) is 0 Å². The van der Waals surface area contributed by atoms with Crippen molar-refractivity contribution in [1.29, 1.82) is 0 Å². The molecule has 0 unspecified atom stereocenters. The second-order valence-corrected chi connectivity index (χ2v) is 9.14. The molecule has 4 nitrogen and oxygen atoms in total. The van der Waals surface area contributed by atoms with Gasteiger partial charge in [0, 0.05) is 32.7 Å². The molecule has 0 spiro atoms. The van der Waals surface area contributed by atoms with Crippen LogP contribution in [0.4, 0.5) is 13.2 Å². The van der Waals surface area contributed by atoms with E-state index >= 15 is 0 Å². The fraction of sp³-hybridized carbons (Fsp3) is 0.682. The number of nitrogens with zero attached hydrogens (tertiary/aromatic N) is 2. The van der Waals surface area contributed by atoms with Crippen molar-refractivity contribution in [2.75, 3.05) is 20.1 Å². The van der Waals surface area contributed by atoms with Crippen molar-refractivity contribution in [3.63, 3.8) is 0 Å². The lowest BCUT2D eigenvalue weighted by atomic mass is 9.96. The number of carbonyl (C=O) groups is 1. The Bertz CT molecular complexity index is 704. The minimum Gasteiger partial charge on any atom is -0.341 e. The summed E-state index contributed by atoms with van der Waals surface area (Å²) in [5, 5.41) is 0. The van der Waals surface area contributed by atoms with E-state index in [4.69, 9.17) is 5.73 Å². The molecule has 0 bridgehead atoms. The summed E-state index contributed by atoms with van der Waals surface area (Å²) in [4.78, 5) is 16.9. The third-order valence-electron chi connectivity index (χ3n) is 6.47. The lowest BCUT2D eigenvalue weighted by Gasteiger charge is -2.32. The Labute approximate surface area is 171 Å². The third kappa shape index (κ3) is 5.12. The minimum absolute atomic E-state index is 0.0190. The zero-order valence-electron chi connectivity index (χ0n) is 17.5. The van der Waals surface area contributed by atoms with E-state index in [-0.39, 0.29) is 11.9 Å². The lowest BCUT2D eigenvalue weighted by Crippen LogP contribution is -2.49. The zero-order valence-corrected chi connectivity index (χ0v) is 17.5. The fourth-order valence-electron chi connectivity index (χ4n) is 5.03. The van der Waals surface area contributed by atoms with Crippen molar-refractivity contribution >= 4 is 5.91 Å². The number of halogens is 3. The smallest absolute Gasteiger partial charge is 0.341 e. The van der Waals surface area contributed by atoms with Crippen LogP contribution in [0.1, 0.15) is 44.2 Å². The Balaban J connectivity index is 1.58. The maximum Gasteiger partial charge on any atom is 0.416 e. The molecule has 2 fully saturated rings. The predicted molar refractivity (Wildman–Crippen MR) is 107 cm³/mol. The average Bonchev–Trinajstić information content (AvgIpc) is 3.19. The Hall–Kier alpha value is -1.60. The Kier molecular flexibility index (Phi) is 6.58. The van der Waals surface area contributed by atoms with Crippen LogP contribution in [0.5, 0.6) is 0 Å². The molecule has 1 saturated carbocycles. The minimum atomic E-state index is -4.30. The molecule has 29 heavy (non-hydrogen) atoms. The van der Waals surface area contributed by atoms with E-state index in [2.05, 4.69) is 18.7 Å². The number of carbonyl (C=O) groups excluding carboxylic acids is 1. The molecule has 0 radical (unpaired) electrons. The molecule has 4 atom stereocenters. The first-order valence-corrected chi connectivity index (χ1v) is 10.5. The van der Waals surface area contributed by atoms with Crippen LogP contribution in [-0.4, -0.2) is 47.9 Å². The van der Waals surface area contributed by atoms with Crippen LogP contribution in [-0.2, 0) is 17.5 Å². The topological polar surface area (TPSA) is 49.6 Å². The first-order valence-electron chi connectivity index (χ1n) is 10.5. The van der Waals surface area contributed by atoms with Gasteiger partial charge in [-0.3, -0.25) is 9.69 Å². The van der Waals surface area contributed by atoms with E-state index in [0.717, 1.165) is 43.6 Å². The van der Waals surface area contributed by atoms with Crippen molar-refractivity contribution in [2.24, 2.45) is 23.5 Å². The van der Waals surface area contributed by atoms with Gasteiger partial charge in [-0.2, -0.15) is 13.2 Å². The summed E-state index contributed by atoms with van der Waals surface area (Å²) >= 11 is 0. The molecule has 1 aliphatic carbocycles. The summed E-state index contributed by atoms with van der Waals surface area (Å²) in [6.07, 6.45) is -1.54. The number of fused-ring (bicyclic) bond motifs is 1. The lowest BCUT2D eigenvalue weighted by molar-refractivity contribution is -0.137. The van der Waals surface area contributed by atoms with Gasteiger partial charge in [-0.25, -0.2) is 0 Å². The van der Waals surface area contributed by atoms with Gasteiger partial charge in [-0.1, -0.05) is 26.0 Å². The maximum absolute atomic E-state index is 12.7. The number of likely N-dealkylation sites (N-methyl/N-ethyl adjacent to an activating group) is 1. The van der Waals surface area contributed by atoms with Gasteiger partial charge in [-0.05, 0) is 54.7 Å². The predicted octanol–water partition coefficient (Wildman–Crippen LogP) is 3.75. The zero-order chi connectivity index (χ0) is 21.3. The van der Waals surface area contributed by atoms with E-state index in [1.165, 1.54) is 0 Å². The van der Waals surface area contributed by atoms with Gasteiger partial charge >= 0.3 is 6.18 Å². The van der Waals surface area contributed by atoms with Gasteiger partial charge in [0.15, 0.2) is 0 Å². The highest BCUT2D eigenvalue weighted by atomic mass is 19.4. The molecule has 1 aliphatic heterocycles. The van der Waals surface area contributed by atoms with Crippen LogP contribution < -0.4 is 5.73 Å². The molecule has 1 aromatic rings. The van der Waals surface area contributed by atoms with E-state index in [0.29, 0.717) is 30.7 Å². The SMILES string of the molecule is CC(C)C[C@H](N)C(=O)N(C)[C@H]1CC[C@@H]2CN(Cc3ccc(C(F)(F)F)cc3)C[C@@H]21.